The minimum absolute atomic E-state index is 0.413. The topological polar surface area (TPSA) is 57.2 Å². The van der Waals surface area contributed by atoms with E-state index in [2.05, 4.69) is 64.7 Å². The van der Waals surface area contributed by atoms with Gasteiger partial charge in [-0.15, -0.1) is 0 Å². The Morgan fingerprint density at radius 1 is 0.905 bits per heavy atom. The Labute approximate surface area is 129 Å². The third-order valence-electron chi connectivity index (χ3n) is 3.71. The Morgan fingerprint density at radius 2 is 1.52 bits per heavy atom. The van der Waals surface area contributed by atoms with Crippen molar-refractivity contribution >= 4 is 17.8 Å². The summed E-state index contributed by atoms with van der Waals surface area (Å²) in [5.41, 5.74) is 0. The fourth-order valence-electron chi connectivity index (χ4n) is 2.24. The normalized spacial score (nSPS) is 12.1. The predicted molar refractivity (Wildman–Crippen MR) is 90.3 cm³/mol. The van der Waals surface area contributed by atoms with Crippen LogP contribution in [-0.4, -0.2) is 47.2 Å². The highest BCUT2D eigenvalue weighted by Crippen LogP contribution is 2.19. The molecule has 0 aliphatic rings. The van der Waals surface area contributed by atoms with E-state index in [4.69, 9.17) is 0 Å². The van der Waals surface area contributed by atoms with E-state index >= 15 is 0 Å². The van der Waals surface area contributed by atoms with Gasteiger partial charge in [-0.05, 0) is 41.0 Å². The lowest BCUT2D eigenvalue weighted by atomic mass is 10.2. The van der Waals surface area contributed by atoms with E-state index in [1.54, 1.807) is 0 Å². The van der Waals surface area contributed by atoms with Crippen molar-refractivity contribution in [3.8, 4) is 0 Å². The van der Waals surface area contributed by atoms with Crippen molar-refractivity contribution < 1.29 is 0 Å². The average Bonchev–Trinajstić information content (AvgIpc) is 2.49. The van der Waals surface area contributed by atoms with Crippen molar-refractivity contribution in [3.63, 3.8) is 0 Å². The fourth-order valence-corrected chi connectivity index (χ4v) is 2.24. The molecule has 21 heavy (non-hydrogen) atoms. The summed E-state index contributed by atoms with van der Waals surface area (Å²) >= 11 is 0. The molecule has 6 nitrogen and oxygen atoms in total. The molecule has 1 aromatic heterocycles. The summed E-state index contributed by atoms with van der Waals surface area (Å²) in [6.07, 6.45) is 1.07. The molecule has 1 unspecified atom stereocenters. The van der Waals surface area contributed by atoms with E-state index in [0.717, 1.165) is 44.5 Å². The maximum Gasteiger partial charge on any atom is 0.232 e. The molecule has 0 amide bonds. The molecule has 1 aromatic rings. The predicted octanol–water partition coefficient (Wildman–Crippen LogP) is 2.77. The number of rotatable bonds is 9. The molecular weight excluding hydrogens is 264 g/mol. The zero-order valence-corrected chi connectivity index (χ0v) is 14.3. The summed E-state index contributed by atoms with van der Waals surface area (Å²) < 4.78 is 0. The lowest BCUT2D eigenvalue weighted by Crippen LogP contribution is -2.35. The second-order valence-corrected chi connectivity index (χ2v) is 5.00. The molecule has 6 heteroatoms. The molecule has 1 heterocycles. The number of hydrogen-bond acceptors (Lipinski definition) is 6. The highest BCUT2D eigenvalue weighted by Gasteiger charge is 2.18. The SMILES string of the molecule is CCNc1nc(N(CC)CC)nc(N(CC)C(C)CC)n1. The van der Waals surface area contributed by atoms with Crippen LogP contribution in [0.1, 0.15) is 48.0 Å². The monoisotopic (exact) mass is 294 g/mol. The highest BCUT2D eigenvalue weighted by atomic mass is 15.4. The van der Waals surface area contributed by atoms with Crippen molar-refractivity contribution in [3.05, 3.63) is 0 Å². The van der Waals surface area contributed by atoms with E-state index in [0.29, 0.717) is 12.0 Å². The van der Waals surface area contributed by atoms with Crippen LogP contribution in [0, 0.1) is 0 Å². The molecule has 0 radical (unpaired) electrons. The van der Waals surface area contributed by atoms with E-state index in [9.17, 15) is 0 Å². The van der Waals surface area contributed by atoms with Gasteiger partial charge in [0.1, 0.15) is 0 Å². The molecule has 0 spiro atoms. The lowest BCUT2D eigenvalue weighted by Gasteiger charge is -2.28. The van der Waals surface area contributed by atoms with Crippen LogP contribution in [0.4, 0.5) is 17.8 Å². The summed E-state index contributed by atoms with van der Waals surface area (Å²) in [7, 11) is 0. The van der Waals surface area contributed by atoms with Crippen molar-refractivity contribution in [1.29, 1.82) is 0 Å². The number of nitrogens with one attached hydrogen (secondary N) is 1. The Hall–Kier alpha value is -1.59. The molecule has 0 saturated carbocycles. The van der Waals surface area contributed by atoms with Gasteiger partial charge in [-0.2, -0.15) is 15.0 Å². The first-order chi connectivity index (χ1) is 10.1. The molecule has 0 saturated heterocycles. The second-order valence-electron chi connectivity index (χ2n) is 5.00. The third kappa shape index (κ3) is 4.44. The van der Waals surface area contributed by atoms with E-state index in [-0.39, 0.29) is 0 Å². The van der Waals surface area contributed by atoms with Crippen molar-refractivity contribution in [2.24, 2.45) is 0 Å². The maximum atomic E-state index is 4.69. The van der Waals surface area contributed by atoms with Crippen molar-refractivity contribution in [2.75, 3.05) is 41.3 Å². The molecule has 0 aliphatic carbocycles. The molecule has 0 fully saturated rings. The van der Waals surface area contributed by atoms with Crippen LogP contribution in [0.3, 0.4) is 0 Å². The minimum Gasteiger partial charge on any atom is -0.354 e. The second kappa shape index (κ2) is 8.64. The van der Waals surface area contributed by atoms with Crippen LogP contribution in [0.5, 0.6) is 0 Å². The molecule has 0 bridgehead atoms. The van der Waals surface area contributed by atoms with Crippen LogP contribution in [0.15, 0.2) is 0 Å². The third-order valence-corrected chi connectivity index (χ3v) is 3.71. The van der Waals surface area contributed by atoms with Gasteiger partial charge in [0.2, 0.25) is 17.8 Å². The first kappa shape index (κ1) is 17.5. The molecule has 1 rings (SSSR count). The van der Waals surface area contributed by atoms with Crippen LogP contribution >= 0.6 is 0 Å². The minimum atomic E-state index is 0.413. The number of aromatic nitrogens is 3. The summed E-state index contributed by atoms with van der Waals surface area (Å²) in [5, 5.41) is 3.21. The van der Waals surface area contributed by atoms with Gasteiger partial charge in [0.05, 0.1) is 0 Å². The first-order valence-electron chi connectivity index (χ1n) is 8.12. The molecule has 1 N–H and O–H groups in total. The molecule has 1 atom stereocenters. The molecule has 0 aromatic carbocycles. The van der Waals surface area contributed by atoms with Gasteiger partial charge in [0, 0.05) is 32.2 Å². The Kier molecular flexibility index (Phi) is 7.19. The Morgan fingerprint density at radius 3 is 2.00 bits per heavy atom. The average molecular weight is 294 g/mol. The van der Waals surface area contributed by atoms with Crippen LogP contribution in [-0.2, 0) is 0 Å². The molecular formula is C15H30N6. The summed E-state index contributed by atoms with van der Waals surface area (Å²) in [4.78, 5) is 18.2. The smallest absolute Gasteiger partial charge is 0.232 e. The summed E-state index contributed by atoms with van der Waals surface area (Å²) in [5.74, 6) is 2.17. The lowest BCUT2D eigenvalue weighted by molar-refractivity contribution is 0.612. The first-order valence-corrected chi connectivity index (χ1v) is 8.12. The van der Waals surface area contributed by atoms with Gasteiger partial charge in [0.25, 0.3) is 0 Å². The highest BCUT2D eigenvalue weighted by molar-refractivity contribution is 5.45. The maximum absolute atomic E-state index is 4.69. The Balaban J connectivity index is 3.23. The zero-order valence-electron chi connectivity index (χ0n) is 14.3. The molecule has 0 aliphatic heterocycles. The van der Waals surface area contributed by atoms with Gasteiger partial charge in [-0.3, -0.25) is 0 Å². The van der Waals surface area contributed by atoms with Gasteiger partial charge < -0.3 is 15.1 Å². The quantitative estimate of drug-likeness (QED) is 0.756. The van der Waals surface area contributed by atoms with E-state index in [1.807, 2.05) is 6.92 Å². The fraction of sp³-hybridized carbons (Fsp3) is 0.800. The largest absolute Gasteiger partial charge is 0.354 e. The van der Waals surface area contributed by atoms with E-state index in [1.165, 1.54) is 0 Å². The van der Waals surface area contributed by atoms with Crippen molar-refractivity contribution in [1.82, 2.24) is 15.0 Å². The standard InChI is InChI=1S/C15H30N6/c1-7-12(6)21(11-5)15-18-13(16-8-2)17-14(19-15)20(9-3)10-4/h12H,7-11H2,1-6H3,(H,16,17,18,19). The van der Waals surface area contributed by atoms with Gasteiger partial charge in [0.15, 0.2) is 0 Å². The van der Waals surface area contributed by atoms with Gasteiger partial charge >= 0.3 is 0 Å². The number of hydrogen-bond donors (Lipinski definition) is 1. The summed E-state index contributed by atoms with van der Waals surface area (Å²) in [6, 6.07) is 0.413. The van der Waals surface area contributed by atoms with Crippen LogP contribution in [0.25, 0.3) is 0 Å². The van der Waals surface area contributed by atoms with Crippen LogP contribution in [0.2, 0.25) is 0 Å². The van der Waals surface area contributed by atoms with E-state index < -0.39 is 0 Å². The Bertz CT molecular complexity index is 419. The summed E-state index contributed by atoms with van der Waals surface area (Å²) in [6.45, 7) is 16.3. The van der Waals surface area contributed by atoms with Crippen molar-refractivity contribution in [2.45, 2.75) is 54.0 Å². The van der Waals surface area contributed by atoms with Gasteiger partial charge in [-0.25, -0.2) is 0 Å². The number of nitrogens with zero attached hydrogens (tertiary/aromatic N) is 5. The molecule has 120 valence electrons. The zero-order chi connectivity index (χ0) is 15.8. The van der Waals surface area contributed by atoms with Gasteiger partial charge in [-0.1, -0.05) is 6.92 Å². The van der Waals surface area contributed by atoms with Crippen LogP contribution < -0.4 is 15.1 Å². The number of anilines is 3.